The fourth-order valence-electron chi connectivity index (χ4n) is 1.62. The topological polar surface area (TPSA) is 44.7 Å². The molecule has 4 heteroatoms. The molecule has 2 aromatic rings. The summed E-state index contributed by atoms with van der Waals surface area (Å²) in [5.41, 5.74) is 3.52. The highest BCUT2D eigenvalue weighted by molar-refractivity contribution is 5.64. The van der Waals surface area contributed by atoms with E-state index in [4.69, 9.17) is 0 Å². The number of nitroso groups, excluding NO2 is 1. The van der Waals surface area contributed by atoms with E-state index in [1.54, 1.807) is 12.1 Å². The van der Waals surface area contributed by atoms with Gasteiger partial charge in [0.05, 0.1) is 0 Å². The molecule has 0 saturated heterocycles. The maximum atomic E-state index is 10.3. The van der Waals surface area contributed by atoms with Crippen LogP contribution in [-0.2, 0) is 0 Å². The summed E-state index contributed by atoms with van der Waals surface area (Å²) in [5, 5.41) is 6.13. The fraction of sp³-hybridized carbons (Fsp3) is 0.143. The molecule has 2 aromatic carbocycles. The summed E-state index contributed by atoms with van der Waals surface area (Å²) in [6.07, 6.45) is 0. The second-order valence-electron chi connectivity index (χ2n) is 4.20. The molecule has 0 heterocycles. The van der Waals surface area contributed by atoms with Crippen LogP contribution in [-0.4, -0.2) is 14.1 Å². The second-order valence-corrected chi connectivity index (χ2v) is 4.20. The average molecular weight is 241 g/mol. The van der Waals surface area contributed by atoms with Crippen LogP contribution in [0.1, 0.15) is 0 Å². The molecule has 0 radical (unpaired) electrons. The summed E-state index contributed by atoms with van der Waals surface area (Å²) in [6.45, 7) is 0. The number of nitrogens with zero attached hydrogens (tertiary/aromatic N) is 2. The highest BCUT2D eigenvalue weighted by Gasteiger charge is 1.97. The number of hydrogen-bond donors (Lipinski definition) is 1. The van der Waals surface area contributed by atoms with Crippen molar-refractivity contribution in [3.8, 4) is 0 Å². The highest BCUT2D eigenvalue weighted by atomic mass is 16.3. The van der Waals surface area contributed by atoms with Gasteiger partial charge in [0, 0.05) is 31.2 Å². The maximum Gasteiger partial charge on any atom is 0.108 e. The monoisotopic (exact) mass is 241 g/mol. The second kappa shape index (κ2) is 5.31. The molecule has 0 spiro atoms. The van der Waals surface area contributed by atoms with Crippen molar-refractivity contribution < 1.29 is 0 Å². The minimum atomic E-state index is 0.434. The number of benzene rings is 2. The third-order valence-electron chi connectivity index (χ3n) is 2.65. The van der Waals surface area contributed by atoms with Crippen molar-refractivity contribution in [1.82, 2.24) is 0 Å². The number of rotatable bonds is 4. The molecule has 0 unspecified atom stereocenters. The van der Waals surface area contributed by atoms with Gasteiger partial charge in [-0.25, -0.2) is 0 Å². The van der Waals surface area contributed by atoms with Crippen LogP contribution in [0.25, 0.3) is 0 Å². The molecule has 18 heavy (non-hydrogen) atoms. The van der Waals surface area contributed by atoms with Gasteiger partial charge in [-0.1, -0.05) is 0 Å². The Bertz CT molecular complexity index is 518. The zero-order valence-corrected chi connectivity index (χ0v) is 10.4. The molecule has 0 bridgehead atoms. The third-order valence-corrected chi connectivity index (χ3v) is 2.65. The molecule has 0 aliphatic heterocycles. The van der Waals surface area contributed by atoms with Crippen molar-refractivity contribution in [2.75, 3.05) is 24.3 Å². The molecule has 0 aliphatic rings. The van der Waals surface area contributed by atoms with Crippen molar-refractivity contribution in [1.29, 1.82) is 0 Å². The summed E-state index contributed by atoms with van der Waals surface area (Å²) in [4.78, 5) is 12.4. The summed E-state index contributed by atoms with van der Waals surface area (Å²) >= 11 is 0. The molecule has 0 fully saturated rings. The molecule has 2 rings (SSSR count). The molecule has 0 atom stereocenters. The van der Waals surface area contributed by atoms with Gasteiger partial charge in [0.2, 0.25) is 0 Å². The van der Waals surface area contributed by atoms with E-state index in [-0.39, 0.29) is 0 Å². The molecule has 4 nitrogen and oxygen atoms in total. The van der Waals surface area contributed by atoms with Crippen LogP contribution < -0.4 is 10.2 Å². The Hall–Kier alpha value is -2.36. The van der Waals surface area contributed by atoms with Gasteiger partial charge in [-0.2, -0.15) is 0 Å². The van der Waals surface area contributed by atoms with E-state index in [9.17, 15) is 4.91 Å². The summed E-state index contributed by atoms with van der Waals surface area (Å²) in [5.74, 6) is 0. The van der Waals surface area contributed by atoms with Crippen LogP contribution in [0, 0.1) is 4.91 Å². The first-order valence-electron chi connectivity index (χ1n) is 5.67. The van der Waals surface area contributed by atoms with Crippen molar-refractivity contribution in [3.05, 3.63) is 53.4 Å². The smallest absolute Gasteiger partial charge is 0.108 e. The summed E-state index contributed by atoms with van der Waals surface area (Å²) < 4.78 is 0. The first kappa shape index (κ1) is 12.1. The first-order chi connectivity index (χ1) is 8.69. The summed E-state index contributed by atoms with van der Waals surface area (Å²) in [6, 6.07) is 15.1. The Kier molecular flexibility index (Phi) is 3.57. The zero-order chi connectivity index (χ0) is 13.0. The first-order valence-corrected chi connectivity index (χ1v) is 5.67. The van der Waals surface area contributed by atoms with Gasteiger partial charge < -0.3 is 10.2 Å². The predicted octanol–water partition coefficient (Wildman–Crippen LogP) is 3.89. The van der Waals surface area contributed by atoms with Gasteiger partial charge in [-0.3, -0.25) is 0 Å². The lowest BCUT2D eigenvalue weighted by Crippen LogP contribution is -2.08. The van der Waals surface area contributed by atoms with Crippen LogP contribution in [0.2, 0.25) is 0 Å². The molecular weight excluding hydrogens is 226 g/mol. The van der Waals surface area contributed by atoms with E-state index in [2.05, 4.69) is 10.5 Å². The van der Waals surface area contributed by atoms with E-state index in [1.807, 2.05) is 55.4 Å². The van der Waals surface area contributed by atoms with Crippen LogP contribution >= 0.6 is 0 Å². The molecule has 1 N–H and O–H groups in total. The van der Waals surface area contributed by atoms with Crippen molar-refractivity contribution >= 4 is 22.7 Å². The number of anilines is 3. The normalized spacial score (nSPS) is 9.89. The Morgan fingerprint density at radius 1 is 0.889 bits per heavy atom. The third kappa shape index (κ3) is 2.85. The molecule has 0 aromatic heterocycles. The summed E-state index contributed by atoms with van der Waals surface area (Å²) in [7, 11) is 4.02. The van der Waals surface area contributed by atoms with Crippen LogP contribution in [0.5, 0.6) is 0 Å². The quantitative estimate of drug-likeness (QED) is 0.826. The van der Waals surface area contributed by atoms with E-state index < -0.39 is 0 Å². The molecule has 0 amide bonds. The SMILES string of the molecule is CN(C)c1ccc(Nc2ccc(N=O)cc2)cc1. The number of nitrogens with one attached hydrogen (secondary N) is 1. The average Bonchev–Trinajstić information content (AvgIpc) is 2.40. The Balaban J connectivity index is 2.10. The predicted molar refractivity (Wildman–Crippen MR) is 75.9 cm³/mol. The lowest BCUT2D eigenvalue weighted by Gasteiger charge is -2.13. The maximum absolute atomic E-state index is 10.3. The van der Waals surface area contributed by atoms with Gasteiger partial charge in [0.1, 0.15) is 5.69 Å². The van der Waals surface area contributed by atoms with Gasteiger partial charge in [-0.05, 0) is 53.7 Å². The standard InChI is InChI=1S/C14H15N3O/c1-17(2)14-9-7-12(8-10-14)15-11-3-5-13(16-18)6-4-11/h3-10,15H,1-2H3. The zero-order valence-electron chi connectivity index (χ0n) is 10.4. The lowest BCUT2D eigenvalue weighted by atomic mass is 10.2. The van der Waals surface area contributed by atoms with Gasteiger partial charge in [0.15, 0.2) is 0 Å². The van der Waals surface area contributed by atoms with E-state index >= 15 is 0 Å². The highest BCUT2D eigenvalue weighted by Crippen LogP contribution is 2.22. The van der Waals surface area contributed by atoms with Crippen molar-refractivity contribution in [2.24, 2.45) is 5.18 Å². The van der Waals surface area contributed by atoms with Gasteiger partial charge in [-0.15, -0.1) is 4.91 Å². The fourth-order valence-corrected chi connectivity index (χ4v) is 1.62. The van der Waals surface area contributed by atoms with E-state index in [0.29, 0.717) is 5.69 Å². The minimum Gasteiger partial charge on any atom is -0.378 e. The van der Waals surface area contributed by atoms with Gasteiger partial charge >= 0.3 is 0 Å². The Labute approximate surface area is 106 Å². The Morgan fingerprint density at radius 2 is 1.39 bits per heavy atom. The molecule has 0 saturated carbocycles. The number of hydrogen-bond acceptors (Lipinski definition) is 4. The lowest BCUT2D eigenvalue weighted by molar-refractivity contribution is 1.13. The largest absolute Gasteiger partial charge is 0.378 e. The van der Waals surface area contributed by atoms with Gasteiger partial charge in [0.25, 0.3) is 0 Å². The van der Waals surface area contributed by atoms with Crippen LogP contribution in [0.3, 0.4) is 0 Å². The molecular formula is C14H15N3O. The van der Waals surface area contributed by atoms with Crippen molar-refractivity contribution in [2.45, 2.75) is 0 Å². The van der Waals surface area contributed by atoms with Crippen LogP contribution in [0.4, 0.5) is 22.7 Å². The van der Waals surface area contributed by atoms with E-state index in [1.165, 1.54) is 0 Å². The molecule has 92 valence electrons. The van der Waals surface area contributed by atoms with E-state index in [0.717, 1.165) is 17.1 Å². The Morgan fingerprint density at radius 3 is 1.83 bits per heavy atom. The van der Waals surface area contributed by atoms with Crippen LogP contribution in [0.15, 0.2) is 53.7 Å². The van der Waals surface area contributed by atoms with Crippen molar-refractivity contribution in [3.63, 3.8) is 0 Å². The molecule has 0 aliphatic carbocycles. The minimum absolute atomic E-state index is 0.434.